The highest BCUT2D eigenvalue weighted by atomic mass is 16.1. The third-order valence-electron chi connectivity index (χ3n) is 4.30. The summed E-state index contributed by atoms with van der Waals surface area (Å²) in [4.78, 5) is 14.9. The van der Waals surface area contributed by atoms with Crippen LogP contribution in [0, 0.1) is 5.92 Å². The van der Waals surface area contributed by atoms with E-state index < -0.39 is 0 Å². The molecule has 19 heavy (non-hydrogen) atoms. The molecule has 1 unspecified atom stereocenters. The van der Waals surface area contributed by atoms with Crippen molar-refractivity contribution in [3.63, 3.8) is 0 Å². The van der Waals surface area contributed by atoms with Gasteiger partial charge in [-0.05, 0) is 43.2 Å². The van der Waals surface area contributed by atoms with E-state index in [1.807, 2.05) is 30.3 Å². The molecule has 0 aliphatic heterocycles. The van der Waals surface area contributed by atoms with E-state index >= 15 is 0 Å². The molecule has 0 saturated heterocycles. The molecule has 1 aliphatic rings. The molecule has 0 bridgehead atoms. The molecule has 1 aromatic carbocycles. The second kappa shape index (κ2) is 5.17. The van der Waals surface area contributed by atoms with E-state index in [2.05, 4.69) is 17.2 Å². The summed E-state index contributed by atoms with van der Waals surface area (Å²) in [5.41, 5.74) is 1.75. The number of fused-ring (bicyclic) bond motifs is 1. The highest BCUT2D eigenvalue weighted by Gasteiger charge is 2.23. The number of hydrogen-bond donors (Lipinski definition) is 2. The second-order valence-electron chi connectivity index (χ2n) is 5.57. The Hall–Kier alpha value is -1.61. The number of para-hydroxylation sites is 1. The summed E-state index contributed by atoms with van der Waals surface area (Å²) < 4.78 is 0. The van der Waals surface area contributed by atoms with Gasteiger partial charge in [0.05, 0.1) is 0 Å². The van der Waals surface area contributed by atoms with Crippen molar-refractivity contribution in [3.05, 3.63) is 46.2 Å². The standard InChI is InChI=1S/C16H20N2O/c1-11(12-6-4-7-12)17-10-14-9-13-5-2-3-8-15(13)18-16(14)19/h2-3,5,8-9,11-12,17H,4,6-7,10H2,1H3,(H,18,19). The minimum atomic E-state index is 0.0204. The van der Waals surface area contributed by atoms with Gasteiger partial charge in [0.15, 0.2) is 0 Å². The summed E-state index contributed by atoms with van der Waals surface area (Å²) in [6, 6.07) is 10.4. The van der Waals surface area contributed by atoms with E-state index in [-0.39, 0.29) is 5.56 Å². The lowest BCUT2D eigenvalue weighted by atomic mass is 9.80. The first-order valence-electron chi connectivity index (χ1n) is 7.08. The number of H-pyrrole nitrogens is 1. The fourth-order valence-electron chi connectivity index (χ4n) is 2.70. The normalized spacial score (nSPS) is 17.3. The van der Waals surface area contributed by atoms with Crippen LogP contribution >= 0.6 is 0 Å². The van der Waals surface area contributed by atoms with Gasteiger partial charge in [-0.15, -0.1) is 0 Å². The smallest absolute Gasteiger partial charge is 0.252 e. The van der Waals surface area contributed by atoms with Crippen molar-refractivity contribution in [2.75, 3.05) is 0 Å². The van der Waals surface area contributed by atoms with Crippen LogP contribution in [0.15, 0.2) is 35.1 Å². The van der Waals surface area contributed by atoms with Crippen LogP contribution in [-0.4, -0.2) is 11.0 Å². The molecule has 2 aromatic rings. The Bertz CT molecular complexity index is 628. The van der Waals surface area contributed by atoms with E-state index in [1.54, 1.807) is 0 Å². The number of nitrogens with one attached hydrogen (secondary N) is 2. The van der Waals surface area contributed by atoms with Crippen LogP contribution in [0.25, 0.3) is 10.9 Å². The third-order valence-corrected chi connectivity index (χ3v) is 4.30. The molecule has 3 rings (SSSR count). The van der Waals surface area contributed by atoms with Crippen LogP contribution in [0.5, 0.6) is 0 Å². The van der Waals surface area contributed by atoms with Crippen molar-refractivity contribution in [2.45, 2.75) is 38.8 Å². The van der Waals surface area contributed by atoms with Gasteiger partial charge in [0, 0.05) is 23.7 Å². The summed E-state index contributed by atoms with van der Waals surface area (Å²) in [5, 5.41) is 4.58. The molecule has 1 aliphatic carbocycles. The summed E-state index contributed by atoms with van der Waals surface area (Å²) in [5.74, 6) is 0.791. The molecule has 0 radical (unpaired) electrons. The fourth-order valence-corrected chi connectivity index (χ4v) is 2.70. The Morgan fingerprint density at radius 3 is 2.89 bits per heavy atom. The molecule has 1 saturated carbocycles. The average molecular weight is 256 g/mol. The molecule has 1 atom stereocenters. The van der Waals surface area contributed by atoms with Crippen LogP contribution in [0.2, 0.25) is 0 Å². The number of aromatic amines is 1. The first-order chi connectivity index (χ1) is 9.24. The number of rotatable bonds is 4. The van der Waals surface area contributed by atoms with Gasteiger partial charge in [-0.25, -0.2) is 0 Å². The number of hydrogen-bond acceptors (Lipinski definition) is 2. The summed E-state index contributed by atoms with van der Waals surface area (Å²) in [6.45, 7) is 2.87. The zero-order valence-corrected chi connectivity index (χ0v) is 11.3. The predicted octanol–water partition coefficient (Wildman–Crippen LogP) is 2.81. The number of benzene rings is 1. The van der Waals surface area contributed by atoms with E-state index in [1.165, 1.54) is 19.3 Å². The minimum absolute atomic E-state index is 0.0204. The van der Waals surface area contributed by atoms with Crippen LogP contribution in [0.4, 0.5) is 0 Å². The lowest BCUT2D eigenvalue weighted by Gasteiger charge is -2.32. The SMILES string of the molecule is CC(NCc1cc2ccccc2[nH]c1=O)C1CCC1. The van der Waals surface area contributed by atoms with Gasteiger partial charge in [-0.1, -0.05) is 24.6 Å². The molecule has 0 amide bonds. The summed E-state index contributed by atoms with van der Waals surface area (Å²) in [6.07, 6.45) is 4.00. The number of pyridine rings is 1. The Kier molecular flexibility index (Phi) is 3.38. The lowest BCUT2D eigenvalue weighted by Crippen LogP contribution is -2.37. The van der Waals surface area contributed by atoms with E-state index in [0.29, 0.717) is 12.6 Å². The van der Waals surface area contributed by atoms with Gasteiger partial charge >= 0.3 is 0 Å². The summed E-state index contributed by atoms with van der Waals surface area (Å²) >= 11 is 0. The maximum Gasteiger partial charge on any atom is 0.252 e. The Morgan fingerprint density at radius 2 is 2.16 bits per heavy atom. The van der Waals surface area contributed by atoms with Gasteiger partial charge in [-0.3, -0.25) is 4.79 Å². The number of aromatic nitrogens is 1. The topological polar surface area (TPSA) is 44.9 Å². The van der Waals surface area contributed by atoms with Crippen LogP contribution in [-0.2, 0) is 6.54 Å². The average Bonchev–Trinajstić information content (AvgIpc) is 2.34. The lowest BCUT2D eigenvalue weighted by molar-refractivity contribution is 0.240. The predicted molar refractivity (Wildman–Crippen MR) is 78.2 cm³/mol. The molecule has 3 heteroatoms. The molecule has 1 fully saturated rings. The first kappa shape index (κ1) is 12.4. The van der Waals surface area contributed by atoms with Gasteiger partial charge < -0.3 is 10.3 Å². The zero-order chi connectivity index (χ0) is 13.2. The molecule has 2 N–H and O–H groups in total. The van der Waals surface area contributed by atoms with Crippen LogP contribution < -0.4 is 10.9 Å². The largest absolute Gasteiger partial charge is 0.322 e. The van der Waals surface area contributed by atoms with Crippen molar-refractivity contribution in [1.82, 2.24) is 10.3 Å². The molecule has 1 heterocycles. The zero-order valence-electron chi connectivity index (χ0n) is 11.3. The third kappa shape index (κ3) is 2.56. The maximum atomic E-state index is 12.0. The van der Waals surface area contributed by atoms with Crippen molar-refractivity contribution in [3.8, 4) is 0 Å². The van der Waals surface area contributed by atoms with E-state index in [4.69, 9.17) is 0 Å². The molecule has 3 nitrogen and oxygen atoms in total. The van der Waals surface area contributed by atoms with E-state index in [9.17, 15) is 4.79 Å². The molecular formula is C16H20N2O. The van der Waals surface area contributed by atoms with Gasteiger partial charge in [0.1, 0.15) is 0 Å². The van der Waals surface area contributed by atoms with Crippen molar-refractivity contribution < 1.29 is 0 Å². The van der Waals surface area contributed by atoms with Crippen molar-refractivity contribution in [1.29, 1.82) is 0 Å². The second-order valence-corrected chi connectivity index (χ2v) is 5.57. The van der Waals surface area contributed by atoms with Gasteiger partial charge in [0.2, 0.25) is 0 Å². The van der Waals surface area contributed by atoms with E-state index in [0.717, 1.165) is 22.4 Å². The highest BCUT2D eigenvalue weighted by molar-refractivity contribution is 5.78. The van der Waals surface area contributed by atoms with Crippen molar-refractivity contribution >= 4 is 10.9 Å². The van der Waals surface area contributed by atoms with Crippen LogP contribution in [0.1, 0.15) is 31.7 Å². The fraction of sp³-hybridized carbons (Fsp3) is 0.438. The Morgan fingerprint density at radius 1 is 1.37 bits per heavy atom. The Labute approximate surface area is 113 Å². The van der Waals surface area contributed by atoms with Crippen molar-refractivity contribution in [2.24, 2.45) is 5.92 Å². The first-order valence-corrected chi connectivity index (χ1v) is 7.08. The highest BCUT2D eigenvalue weighted by Crippen LogP contribution is 2.29. The van der Waals surface area contributed by atoms with Gasteiger partial charge in [0.25, 0.3) is 5.56 Å². The minimum Gasteiger partial charge on any atom is -0.322 e. The van der Waals surface area contributed by atoms with Gasteiger partial charge in [-0.2, -0.15) is 0 Å². The molecule has 100 valence electrons. The Balaban J connectivity index is 1.76. The monoisotopic (exact) mass is 256 g/mol. The molecular weight excluding hydrogens is 236 g/mol. The molecule has 1 aromatic heterocycles. The quantitative estimate of drug-likeness (QED) is 0.883. The van der Waals surface area contributed by atoms with Crippen LogP contribution in [0.3, 0.4) is 0 Å². The summed E-state index contributed by atoms with van der Waals surface area (Å²) in [7, 11) is 0. The maximum absolute atomic E-state index is 12.0. The molecule has 0 spiro atoms.